The predicted octanol–water partition coefficient (Wildman–Crippen LogP) is 4.46. The van der Waals surface area contributed by atoms with E-state index in [2.05, 4.69) is 10.0 Å². The molecule has 35 heavy (non-hydrogen) atoms. The minimum Gasteiger partial charge on any atom is -0.496 e. The van der Waals surface area contributed by atoms with Gasteiger partial charge >= 0.3 is 0 Å². The normalized spacial score (nSPS) is 13.9. The fourth-order valence-corrected chi connectivity index (χ4v) is 4.86. The van der Waals surface area contributed by atoms with Crippen molar-refractivity contribution in [1.82, 2.24) is 5.32 Å². The van der Waals surface area contributed by atoms with E-state index in [0.717, 1.165) is 17.5 Å². The molecule has 1 aliphatic heterocycles. The quantitative estimate of drug-likeness (QED) is 0.501. The van der Waals surface area contributed by atoms with Crippen molar-refractivity contribution in [2.45, 2.75) is 31.2 Å². The van der Waals surface area contributed by atoms with Gasteiger partial charge in [0.05, 0.1) is 31.3 Å². The molecule has 1 aliphatic rings. The molecule has 0 spiro atoms. The van der Waals surface area contributed by atoms with Crippen LogP contribution in [0, 0.1) is 6.92 Å². The van der Waals surface area contributed by atoms with Crippen LogP contribution in [0.15, 0.2) is 65.6 Å². The topological polar surface area (TPSA) is 103 Å². The monoisotopic (exact) mass is 496 g/mol. The lowest BCUT2D eigenvalue weighted by molar-refractivity contribution is 0.0939. The van der Waals surface area contributed by atoms with Gasteiger partial charge in [-0.1, -0.05) is 23.8 Å². The molecule has 0 fully saturated rings. The van der Waals surface area contributed by atoms with Gasteiger partial charge < -0.3 is 19.5 Å². The third-order valence-electron chi connectivity index (χ3n) is 5.61. The van der Waals surface area contributed by atoms with Gasteiger partial charge in [-0.2, -0.15) is 0 Å². The molecule has 9 heteroatoms. The zero-order chi connectivity index (χ0) is 25.0. The molecule has 0 unspecified atom stereocenters. The molecule has 2 N–H and O–H groups in total. The lowest BCUT2D eigenvalue weighted by Gasteiger charge is -2.18. The first kappa shape index (κ1) is 24.4. The molecule has 0 aliphatic carbocycles. The van der Waals surface area contributed by atoms with Crippen molar-refractivity contribution in [2.75, 3.05) is 25.0 Å². The maximum absolute atomic E-state index is 13.0. The van der Waals surface area contributed by atoms with E-state index in [4.69, 9.17) is 14.2 Å². The number of ether oxygens (including phenoxy) is 3. The largest absolute Gasteiger partial charge is 0.496 e. The highest BCUT2D eigenvalue weighted by molar-refractivity contribution is 7.92. The number of carbonyl (C=O) groups is 1. The van der Waals surface area contributed by atoms with E-state index in [9.17, 15) is 13.2 Å². The summed E-state index contributed by atoms with van der Waals surface area (Å²) in [6.07, 6.45) is 0.721. The van der Waals surface area contributed by atoms with Gasteiger partial charge in [-0.05, 0) is 50.2 Å². The summed E-state index contributed by atoms with van der Waals surface area (Å²) >= 11 is 0. The van der Waals surface area contributed by atoms with Crippen molar-refractivity contribution < 1.29 is 27.4 Å². The number of hydrogen-bond acceptors (Lipinski definition) is 6. The third-order valence-corrected chi connectivity index (χ3v) is 6.98. The standard InChI is InChI=1S/C26H28N2O6S/c1-17-8-10-23(32-3)22(14-17)18(2)27-26(29)19-6-4-7-20(15-19)28-35(30,31)21-9-11-24-25(16-21)34-13-5-12-33-24/h4,6-11,14-16,18,28H,5,12-13H2,1-3H3,(H,27,29)/t18-/m1/s1. The first-order valence-electron chi connectivity index (χ1n) is 11.2. The predicted molar refractivity (Wildman–Crippen MR) is 133 cm³/mol. The van der Waals surface area contributed by atoms with Crippen molar-refractivity contribution in [3.05, 3.63) is 77.4 Å². The minimum absolute atomic E-state index is 0.0387. The summed E-state index contributed by atoms with van der Waals surface area (Å²) < 4.78 is 45.1. The molecule has 4 rings (SSSR count). The Bertz CT molecular complexity index is 1340. The highest BCUT2D eigenvalue weighted by atomic mass is 32.2. The maximum Gasteiger partial charge on any atom is 0.262 e. The smallest absolute Gasteiger partial charge is 0.262 e. The van der Waals surface area contributed by atoms with E-state index in [1.807, 2.05) is 32.0 Å². The van der Waals surface area contributed by atoms with Crippen LogP contribution in [-0.4, -0.2) is 34.6 Å². The number of rotatable bonds is 7. The molecule has 1 atom stereocenters. The number of nitrogens with one attached hydrogen (secondary N) is 2. The summed E-state index contributed by atoms with van der Waals surface area (Å²) in [5.41, 5.74) is 2.49. The van der Waals surface area contributed by atoms with E-state index in [0.29, 0.717) is 36.0 Å². The summed E-state index contributed by atoms with van der Waals surface area (Å²) in [6.45, 7) is 4.80. The van der Waals surface area contributed by atoms with Crippen LogP contribution in [0.1, 0.15) is 40.9 Å². The van der Waals surface area contributed by atoms with Gasteiger partial charge in [0.25, 0.3) is 15.9 Å². The zero-order valence-electron chi connectivity index (χ0n) is 19.8. The summed E-state index contributed by atoms with van der Waals surface area (Å²) in [5.74, 6) is 1.25. The summed E-state index contributed by atoms with van der Waals surface area (Å²) in [4.78, 5) is 13.0. The van der Waals surface area contributed by atoms with Crippen molar-refractivity contribution >= 4 is 21.6 Å². The van der Waals surface area contributed by atoms with Gasteiger partial charge in [-0.3, -0.25) is 9.52 Å². The Hall–Kier alpha value is -3.72. The minimum atomic E-state index is -3.91. The SMILES string of the molecule is COc1ccc(C)cc1[C@@H](C)NC(=O)c1cccc(NS(=O)(=O)c2ccc3c(c2)OCCCO3)c1. The number of carbonyl (C=O) groups excluding carboxylic acids is 1. The second kappa shape index (κ2) is 10.3. The Morgan fingerprint density at radius 1 is 1.00 bits per heavy atom. The molecule has 8 nitrogen and oxygen atoms in total. The Labute approximate surface area is 205 Å². The van der Waals surface area contributed by atoms with E-state index < -0.39 is 10.0 Å². The van der Waals surface area contributed by atoms with Crippen LogP contribution in [0.3, 0.4) is 0 Å². The molecule has 184 valence electrons. The second-order valence-corrected chi connectivity index (χ2v) is 9.97. The molecule has 0 saturated carbocycles. The first-order chi connectivity index (χ1) is 16.8. The van der Waals surface area contributed by atoms with Crippen molar-refractivity contribution in [3.63, 3.8) is 0 Å². The number of methoxy groups -OCH3 is 1. The van der Waals surface area contributed by atoms with Gasteiger partial charge in [0, 0.05) is 29.3 Å². The van der Waals surface area contributed by atoms with E-state index >= 15 is 0 Å². The number of amides is 1. The Morgan fingerprint density at radius 2 is 1.77 bits per heavy atom. The Balaban J connectivity index is 1.50. The van der Waals surface area contributed by atoms with E-state index in [1.54, 1.807) is 31.4 Å². The Morgan fingerprint density at radius 3 is 2.54 bits per heavy atom. The van der Waals surface area contributed by atoms with Gasteiger partial charge in [0.15, 0.2) is 11.5 Å². The second-order valence-electron chi connectivity index (χ2n) is 8.29. The zero-order valence-corrected chi connectivity index (χ0v) is 20.6. The molecular weight excluding hydrogens is 468 g/mol. The van der Waals surface area contributed by atoms with Crippen LogP contribution < -0.4 is 24.2 Å². The summed E-state index contributed by atoms with van der Waals surface area (Å²) in [5, 5.41) is 2.95. The van der Waals surface area contributed by atoms with Crippen LogP contribution in [0.2, 0.25) is 0 Å². The average molecular weight is 497 g/mol. The molecule has 0 saturated heterocycles. The average Bonchev–Trinajstić information content (AvgIpc) is 3.09. The van der Waals surface area contributed by atoms with Crippen molar-refractivity contribution in [2.24, 2.45) is 0 Å². The molecule has 1 heterocycles. The van der Waals surface area contributed by atoms with Crippen LogP contribution in [0.4, 0.5) is 5.69 Å². The molecular formula is C26H28N2O6S. The number of sulfonamides is 1. The van der Waals surface area contributed by atoms with Gasteiger partial charge in [-0.25, -0.2) is 8.42 Å². The number of benzene rings is 3. The highest BCUT2D eigenvalue weighted by Crippen LogP contribution is 2.32. The molecule has 3 aromatic carbocycles. The van der Waals surface area contributed by atoms with E-state index in [1.165, 1.54) is 18.2 Å². The number of hydrogen-bond donors (Lipinski definition) is 2. The number of anilines is 1. The molecule has 0 bridgehead atoms. The van der Waals surface area contributed by atoms with Crippen LogP contribution in [0.5, 0.6) is 17.2 Å². The first-order valence-corrected chi connectivity index (χ1v) is 12.7. The lowest BCUT2D eigenvalue weighted by atomic mass is 10.0. The van der Waals surface area contributed by atoms with E-state index in [-0.39, 0.29) is 22.5 Å². The fourth-order valence-electron chi connectivity index (χ4n) is 3.80. The van der Waals surface area contributed by atoms with Crippen LogP contribution >= 0.6 is 0 Å². The molecule has 0 aromatic heterocycles. The maximum atomic E-state index is 13.0. The van der Waals surface area contributed by atoms with Crippen LogP contribution in [-0.2, 0) is 10.0 Å². The number of fused-ring (bicyclic) bond motifs is 1. The van der Waals surface area contributed by atoms with Crippen molar-refractivity contribution in [1.29, 1.82) is 0 Å². The van der Waals surface area contributed by atoms with Gasteiger partial charge in [-0.15, -0.1) is 0 Å². The molecule has 1 amide bonds. The molecule has 0 radical (unpaired) electrons. The Kier molecular flexibility index (Phi) is 7.16. The summed E-state index contributed by atoms with van der Waals surface area (Å²) in [7, 11) is -2.33. The number of aryl methyl sites for hydroxylation is 1. The van der Waals surface area contributed by atoms with Gasteiger partial charge in [0.2, 0.25) is 0 Å². The molecule has 3 aromatic rings. The highest BCUT2D eigenvalue weighted by Gasteiger charge is 2.20. The van der Waals surface area contributed by atoms with Gasteiger partial charge in [0.1, 0.15) is 5.75 Å². The van der Waals surface area contributed by atoms with Crippen molar-refractivity contribution in [3.8, 4) is 17.2 Å². The lowest BCUT2D eigenvalue weighted by Crippen LogP contribution is -2.27. The third kappa shape index (κ3) is 5.68. The summed E-state index contributed by atoms with van der Waals surface area (Å²) in [6, 6.07) is 16.3. The van der Waals surface area contributed by atoms with Crippen LogP contribution in [0.25, 0.3) is 0 Å². The fraction of sp³-hybridized carbons (Fsp3) is 0.269.